The monoisotopic (exact) mass is 332 g/mol. The predicted molar refractivity (Wildman–Crippen MR) is 91.9 cm³/mol. The molecule has 0 amide bonds. The molecule has 0 bridgehead atoms. The van der Waals surface area contributed by atoms with Crippen molar-refractivity contribution in [2.45, 2.75) is 13.8 Å². The number of benzene rings is 1. The molecule has 3 nitrogen and oxygen atoms in total. The second-order valence-electron chi connectivity index (χ2n) is 4.97. The van der Waals surface area contributed by atoms with Gasteiger partial charge in [-0.15, -0.1) is 12.4 Å². The lowest BCUT2D eigenvalue weighted by Gasteiger charge is -2.10. The number of aromatic nitrogens is 2. The van der Waals surface area contributed by atoms with Gasteiger partial charge in [-0.1, -0.05) is 12.1 Å². The molecular formula is C17H14Cl2N2O. The SMILES string of the molecule is Cc1ccc2c(C(=O)Cl)cc(-c3cccnc3)nc2c1C.Cl. The van der Waals surface area contributed by atoms with E-state index in [1.807, 2.05) is 38.1 Å². The van der Waals surface area contributed by atoms with Crippen molar-refractivity contribution in [3.05, 3.63) is 59.4 Å². The molecule has 0 radical (unpaired) electrons. The molecule has 0 saturated carbocycles. The highest BCUT2D eigenvalue weighted by molar-refractivity contribution is 6.68. The molecular weight excluding hydrogens is 319 g/mol. The molecule has 1 aromatic carbocycles. The van der Waals surface area contributed by atoms with Crippen molar-refractivity contribution >= 4 is 40.2 Å². The molecule has 0 saturated heterocycles. The molecule has 112 valence electrons. The summed E-state index contributed by atoms with van der Waals surface area (Å²) in [6, 6.07) is 9.35. The van der Waals surface area contributed by atoms with Gasteiger partial charge in [-0.05, 0) is 54.8 Å². The number of rotatable bonds is 2. The quantitative estimate of drug-likeness (QED) is 0.638. The van der Waals surface area contributed by atoms with Crippen molar-refractivity contribution in [2.75, 3.05) is 0 Å². The molecule has 0 N–H and O–H groups in total. The van der Waals surface area contributed by atoms with Crippen molar-refractivity contribution in [2.24, 2.45) is 0 Å². The number of aryl methyl sites for hydroxylation is 2. The van der Waals surface area contributed by atoms with E-state index in [1.54, 1.807) is 18.5 Å². The molecule has 3 rings (SSSR count). The van der Waals surface area contributed by atoms with Crippen molar-refractivity contribution < 1.29 is 4.79 Å². The summed E-state index contributed by atoms with van der Waals surface area (Å²) in [7, 11) is 0. The first-order chi connectivity index (χ1) is 10.1. The minimum absolute atomic E-state index is 0. The van der Waals surface area contributed by atoms with Crippen molar-refractivity contribution in [1.82, 2.24) is 9.97 Å². The maximum atomic E-state index is 11.8. The van der Waals surface area contributed by atoms with Crippen LogP contribution in [0.4, 0.5) is 0 Å². The standard InChI is InChI=1S/C17H13ClN2O.ClH/c1-10-5-6-13-14(17(18)21)8-15(20-16(13)11(10)2)12-4-3-7-19-9-12;/h3-9H,1-2H3;1H. The number of carbonyl (C=O) groups excluding carboxylic acids is 1. The third-order valence-electron chi connectivity index (χ3n) is 3.67. The first kappa shape index (κ1) is 16.4. The molecule has 0 atom stereocenters. The fourth-order valence-electron chi connectivity index (χ4n) is 2.35. The topological polar surface area (TPSA) is 42.9 Å². The average molecular weight is 333 g/mol. The van der Waals surface area contributed by atoms with Crippen molar-refractivity contribution in [1.29, 1.82) is 0 Å². The Morgan fingerprint density at radius 2 is 1.95 bits per heavy atom. The summed E-state index contributed by atoms with van der Waals surface area (Å²) in [6.07, 6.45) is 3.43. The third-order valence-corrected chi connectivity index (χ3v) is 3.88. The summed E-state index contributed by atoms with van der Waals surface area (Å²) < 4.78 is 0. The number of halogens is 2. The Labute approximate surface area is 139 Å². The fraction of sp³-hybridized carbons (Fsp3) is 0.118. The average Bonchev–Trinajstić information content (AvgIpc) is 2.51. The molecule has 0 aliphatic rings. The number of hydrogen-bond donors (Lipinski definition) is 0. The summed E-state index contributed by atoms with van der Waals surface area (Å²) in [5.41, 5.74) is 5.03. The normalized spacial score (nSPS) is 10.3. The Bertz CT molecular complexity index is 848. The van der Waals surface area contributed by atoms with Crippen LogP contribution in [0.2, 0.25) is 0 Å². The molecule has 3 aromatic rings. The van der Waals surface area contributed by atoms with E-state index in [0.29, 0.717) is 11.3 Å². The van der Waals surface area contributed by atoms with Crippen LogP contribution >= 0.6 is 24.0 Å². The number of pyridine rings is 2. The first-order valence-electron chi connectivity index (χ1n) is 6.59. The van der Waals surface area contributed by atoms with Crippen LogP contribution in [-0.4, -0.2) is 15.2 Å². The smallest absolute Gasteiger partial charge is 0.253 e. The summed E-state index contributed by atoms with van der Waals surface area (Å²) in [4.78, 5) is 20.6. The van der Waals surface area contributed by atoms with Crippen LogP contribution in [0.3, 0.4) is 0 Å². The summed E-state index contributed by atoms with van der Waals surface area (Å²) in [6.45, 7) is 4.02. The van der Waals surface area contributed by atoms with Gasteiger partial charge >= 0.3 is 0 Å². The predicted octanol–water partition coefficient (Wildman–Crippen LogP) is 4.71. The number of fused-ring (bicyclic) bond motifs is 1. The molecule has 0 aliphatic carbocycles. The van der Waals surface area contributed by atoms with Gasteiger partial charge in [0.05, 0.1) is 11.2 Å². The molecule has 0 unspecified atom stereocenters. The minimum Gasteiger partial charge on any atom is -0.276 e. The highest BCUT2D eigenvalue weighted by Gasteiger charge is 2.14. The second-order valence-corrected chi connectivity index (χ2v) is 5.32. The summed E-state index contributed by atoms with van der Waals surface area (Å²) >= 11 is 5.75. The van der Waals surface area contributed by atoms with Gasteiger partial charge in [-0.25, -0.2) is 4.98 Å². The molecule has 0 fully saturated rings. The highest BCUT2D eigenvalue weighted by Crippen LogP contribution is 2.28. The molecule has 22 heavy (non-hydrogen) atoms. The van der Waals surface area contributed by atoms with E-state index >= 15 is 0 Å². The third kappa shape index (κ3) is 2.82. The van der Waals surface area contributed by atoms with Gasteiger partial charge in [-0.2, -0.15) is 0 Å². The molecule has 5 heteroatoms. The number of carbonyl (C=O) groups is 1. The second kappa shape index (κ2) is 6.42. The van der Waals surface area contributed by atoms with Crippen LogP contribution in [0, 0.1) is 13.8 Å². The van der Waals surface area contributed by atoms with E-state index in [-0.39, 0.29) is 12.4 Å². The lowest BCUT2D eigenvalue weighted by atomic mass is 10.0. The first-order valence-corrected chi connectivity index (χ1v) is 6.97. The Balaban J connectivity index is 0.00000176. The van der Waals surface area contributed by atoms with Gasteiger partial charge in [-0.3, -0.25) is 9.78 Å². The lowest BCUT2D eigenvalue weighted by Crippen LogP contribution is -1.98. The van der Waals surface area contributed by atoms with Crippen molar-refractivity contribution in [3.8, 4) is 11.3 Å². The zero-order valence-corrected chi connectivity index (χ0v) is 13.7. The minimum atomic E-state index is -0.476. The maximum absolute atomic E-state index is 11.8. The molecule has 0 aliphatic heterocycles. The van der Waals surface area contributed by atoms with Gasteiger partial charge in [0.2, 0.25) is 0 Å². The van der Waals surface area contributed by atoms with E-state index in [2.05, 4.69) is 4.98 Å². The van der Waals surface area contributed by atoms with Crippen LogP contribution in [0.1, 0.15) is 21.5 Å². The summed E-state index contributed by atoms with van der Waals surface area (Å²) in [5, 5.41) is 0.307. The van der Waals surface area contributed by atoms with Crippen molar-refractivity contribution in [3.63, 3.8) is 0 Å². The lowest BCUT2D eigenvalue weighted by molar-refractivity contribution is 0.108. The van der Waals surface area contributed by atoms with E-state index < -0.39 is 5.24 Å². The van der Waals surface area contributed by atoms with Gasteiger partial charge < -0.3 is 0 Å². The Hall–Kier alpha value is -1.97. The van der Waals surface area contributed by atoms with Crippen LogP contribution < -0.4 is 0 Å². The fourth-order valence-corrected chi connectivity index (χ4v) is 2.51. The Morgan fingerprint density at radius 1 is 1.18 bits per heavy atom. The molecule has 2 heterocycles. The highest BCUT2D eigenvalue weighted by atomic mass is 35.5. The van der Waals surface area contributed by atoms with Crippen LogP contribution in [0.5, 0.6) is 0 Å². The van der Waals surface area contributed by atoms with Gasteiger partial charge in [0, 0.05) is 28.9 Å². The van der Waals surface area contributed by atoms with E-state index in [9.17, 15) is 4.79 Å². The Kier molecular flexibility index (Phi) is 4.79. The van der Waals surface area contributed by atoms with Crippen LogP contribution in [0.15, 0.2) is 42.7 Å². The summed E-state index contributed by atoms with van der Waals surface area (Å²) in [5.74, 6) is 0. The van der Waals surface area contributed by atoms with Gasteiger partial charge in [0.15, 0.2) is 0 Å². The zero-order valence-electron chi connectivity index (χ0n) is 12.1. The van der Waals surface area contributed by atoms with Gasteiger partial charge in [0.1, 0.15) is 0 Å². The number of nitrogens with zero attached hydrogens (tertiary/aromatic N) is 2. The van der Waals surface area contributed by atoms with Gasteiger partial charge in [0.25, 0.3) is 5.24 Å². The molecule has 2 aromatic heterocycles. The molecule has 0 spiro atoms. The maximum Gasteiger partial charge on any atom is 0.253 e. The van der Waals surface area contributed by atoms with Crippen LogP contribution in [-0.2, 0) is 0 Å². The number of hydrogen-bond acceptors (Lipinski definition) is 3. The Morgan fingerprint density at radius 3 is 2.59 bits per heavy atom. The van der Waals surface area contributed by atoms with E-state index in [4.69, 9.17) is 16.6 Å². The van der Waals surface area contributed by atoms with Crippen LogP contribution in [0.25, 0.3) is 22.2 Å². The van der Waals surface area contributed by atoms with E-state index in [1.165, 1.54) is 0 Å². The zero-order chi connectivity index (χ0) is 15.0. The van der Waals surface area contributed by atoms with E-state index in [0.717, 1.165) is 27.6 Å². The largest absolute Gasteiger partial charge is 0.276 e.